The third kappa shape index (κ3) is 3.29. The molecule has 0 radical (unpaired) electrons. The van der Waals surface area contributed by atoms with Gasteiger partial charge in [-0.25, -0.2) is 9.97 Å². The van der Waals surface area contributed by atoms with Gasteiger partial charge in [-0.15, -0.1) is 0 Å². The summed E-state index contributed by atoms with van der Waals surface area (Å²) in [5.41, 5.74) is 1.47. The quantitative estimate of drug-likeness (QED) is 0.733. The summed E-state index contributed by atoms with van der Waals surface area (Å²) in [4.78, 5) is 8.41. The second kappa shape index (κ2) is 6.70. The van der Waals surface area contributed by atoms with Gasteiger partial charge in [0.25, 0.3) is 0 Å². The van der Waals surface area contributed by atoms with Crippen LogP contribution < -0.4 is 5.32 Å². The van der Waals surface area contributed by atoms with Crippen molar-refractivity contribution in [1.82, 2.24) is 14.5 Å². The van der Waals surface area contributed by atoms with Gasteiger partial charge in [-0.3, -0.25) is 4.57 Å². The summed E-state index contributed by atoms with van der Waals surface area (Å²) in [7, 11) is 0. The summed E-state index contributed by atoms with van der Waals surface area (Å²) in [6.07, 6.45) is 2.94. The summed E-state index contributed by atoms with van der Waals surface area (Å²) in [5, 5.41) is 13.5. The molecule has 0 spiro atoms. The van der Waals surface area contributed by atoms with Gasteiger partial charge in [0.1, 0.15) is 11.6 Å². The highest BCUT2D eigenvalue weighted by Crippen LogP contribution is 2.20. The van der Waals surface area contributed by atoms with Crippen LogP contribution in [0.4, 0.5) is 14.6 Å². The molecule has 0 fully saturated rings. The number of hydrogen-bond donors (Lipinski definition) is 2. The first-order valence-corrected chi connectivity index (χ1v) is 7.22. The van der Waals surface area contributed by atoms with E-state index >= 15 is 0 Å². The number of benzene rings is 1. The number of halogens is 2. The van der Waals surface area contributed by atoms with E-state index in [2.05, 4.69) is 15.3 Å². The molecule has 2 N–H and O–H groups in total. The van der Waals surface area contributed by atoms with E-state index in [1.165, 1.54) is 12.4 Å². The number of nitrogens with zero attached hydrogens (tertiary/aromatic N) is 3. The molecular formula is C16H16F2N4O. The van der Waals surface area contributed by atoms with Gasteiger partial charge in [-0.05, 0) is 12.1 Å². The Kier molecular flexibility index (Phi) is 4.47. The van der Waals surface area contributed by atoms with Crippen molar-refractivity contribution in [2.24, 2.45) is 0 Å². The Morgan fingerprint density at radius 2 is 2.09 bits per heavy atom. The third-order valence-corrected chi connectivity index (χ3v) is 3.57. The highest BCUT2D eigenvalue weighted by molar-refractivity contribution is 5.81. The molecule has 0 bridgehead atoms. The Bertz CT molecular complexity index is 804. The zero-order chi connectivity index (χ0) is 16.2. The van der Waals surface area contributed by atoms with Crippen molar-refractivity contribution < 1.29 is 13.9 Å². The predicted octanol–water partition coefficient (Wildman–Crippen LogP) is 2.97. The summed E-state index contributed by atoms with van der Waals surface area (Å²) < 4.78 is 26.4. The summed E-state index contributed by atoms with van der Waals surface area (Å²) in [6.45, 7) is -2.35. The maximum absolute atomic E-state index is 12.8. The minimum atomic E-state index is -2.60. The number of anilines is 1. The van der Waals surface area contributed by atoms with Gasteiger partial charge < -0.3 is 10.4 Å². The maximum Gasteiger partial charge on any atom is 0.319 e. The molecule has 0 aliphatic carbocycles. The van der Waals surface area contributed by atoms with Crippen molar-refractivity contribution in [1.29, 1.82) is 0 Å². The molecule has 0 unspecified atom stereocenters. The fourth-order valence-corrected chi connectivity index (χ4v) is 2.44. The molecule has 120 valence electrons. The van der Waals surface area contributed by atoms with Crippen LogP contribution in [-0.4, -0.2) is 26.2 Å². The van der Waals surface area contributed by atoms with Crippen LogP contribution in [-0.2, 0) is 13.0 Å². The summed E-state index contributed by atoms with van der Waals surface area (Å²) in [5.74, 6) is 0.861. The Morgan fingerprint density at radius 3 is 2.87 bits per heavy atom. The number of imidazole rings is 1. The Morgan fingerprint density at radius 1 is 1.26 bits per heavy atom. The zero-order valence-electron chi connectivity index (χ0n) is 12.3. The van der Waals surface area contributed by atoms with Crippen molar-refractivity contribution in [2.45, 2.75) is 19.6 Å². The second-order valence-electron chi connectivity index (χ2n) is 5.05. The largest absolute Gasteiger partial charge is 0.392 e. The summed E-state index contributed by atoms with van der Waals surface area (Å²) >= 11 is 0. The lowest BCUT2D eigenvalue weighted by Gasteiger charge is -2.12. The van der Waals surface area contributed by atoms with E-state index in [-0.39, 0.29) is 6.61 Å². The van der Waals surface area contributed by atoms with Crippen molar-refractivity contribution in [2.75, 3.05) is 11.9 Å². The molecule has 0 aliphatic rings. The molecule has 0 amide bonds. The molecule has 2 heterocycles. The molecule has 3 rings (SSSR count). The van der Waals surface area contributed by atoms with Crippen LogP contribution in [0.3, 0.4) is 0 Å². The molecule has 0 saturated carbocycles. The topological polar surface area (TPSA) is 63.0 Å². The van der Waals surface area contributed by atoms with Gasteiger partial charge in [0.2, 0.25) is 0 Å². The fourth-order valence-electron chi connectivity index (χ4n) is 2.44. The van der Waals surface area contributed by atoms with Gasteiger partial charge in [0.05, 0.1) is 12.1 Å². The number of rotatable bonds is 6. The number of aliphatic hydroxyl groups is 1. The first kappa shape index (κ1) is 15.4. The smallest absolute Gasteiger partial charge is 0.319 e. The lowest BCUT2D eigenvalue weighted by atomic mass is 10.1. The fraction of sp³-hybridized carbons (Fsp3) is 0.250. The molecule has 2 aromatic heterocycles. The first-order chi connectivity index (χ1) is 11.2. The van der Waals surface area contributed by atoms with Gasteiger partial charge in [0, 0.05) is 36.3 Å². The highest BCUT2D eigenvalue weighted by atomic mass is 19.3. The van der Waals surface area contributed by atoms with E-state index in [1.807, 2.05) is 30.3 Å². The van der Waals surface area contributed by atoms with Crippen LogP contribution >= 0.6 is 0 Å². The number of fused-ring (bicyclic) bond motifs is 1. The van der Waals surface area contributed by atoms with Crippen molar-refractivity contribution in [3.05, 3.63) is 54.1 Å². The number of pyridine rings is 1. The van der Waals surface area contributed by atoms with E-state index in [4.69, 9.17) is 0 Å². The number of nitrogens with one attached hydrogen (secondary N) is 1. The molecular weight excluding hydrogens is 302 g/mol. The van der Waals surface area contributed by atoms with Crippen molar-refractivity contribution >= 4 is 16.7 Å². The Labute approximate surface area is 131 Å². The van der Waals surface area contributed by atoms with Gasteiger partial charge in [-0.2, -0.15) is 8.78 Å². The van der Waals surface area contributed by atoms with Gasteiger partial charge >= 0.3 is 6.55 Å². The third-order valence-electron chi connectivity index (χ3n) is 3.57. The average molecular weight is 318 g/mol. The van der Waals surface area contributed by atoms with Gasteiger partial charge in [0.15, 0.2) is 0 Å². The SMILES string of the molecule is OCc1cc2ccccc2nc1NCCc1nccn1C(F)F. The second-order valence-corrected chi connectivity index (χ2v) is 5.05. The standard InChI is InChI=1S/C16H16F2N4O/c17-16(18)22-8-7-19-14(22)5-6-20-15-12(10-23)9-11-3-1-2-4-13(11)21-15/h1-4,7-9,16,23H,5-6,10H2,(H,20,21). The Balaban J connectivity index is 1.75. The number of aromatic nitrogens is 3. The lowest BCUT2D eigenvalue weighted by Crippen LogP contribution is -2.12. The highest BCUT2D eigenvalue weighted by Gasteiger charge is 2.11. The molecule has 1 aromatic carbocycles. The van der Waals surface area contributed by atoms with Crippen molar-refractivity contribution in [3.63, 3.8) is 0 Å². The number of hydrogen-bond acceptors (Lipinski definition) is 4. The number of alkyl halides is 2. The molecule has 3 aromatic rings. The Hall–Kier alpha value is -2.54. The molecule has 0 atom stereocenters. The number of para-hydroxylation sites is 1. The van der Waals surface area contributed by atoms with Crippen LogP contribution in [0.5, 0.6) is 0 Å². The van der Waals surface area contributed by atoms with Crippen molar-refractivity contribution in [3.8, 4) is 0 Å². The minimum absolute atomic E-state index is 0.147. The monoisotopic (exact) mass is 318 g/mol. The van der Waals surface area contributed by atoms with E-state index < -0.39 is 6.55 Å². The number of aliphatic hydroxyl groups excluding tert-OH is 1. The first-order valence-electron chi connectivity index (χ1n) is 7.22. The predicted molar refractivity (Wildman–Crippen MR) is 83.3 cm³/mol. The maximum atomic E-state index is 12.8. The van der Waals surface area contributed by atoms with E-state index in [1.54, 1.807) is 0 Å². The van der Waals surface area contributed by atoms with E-state index in [9.17, 15) is 13.9 Å². The van der Waals surface area contributed by atoms with Crippen LogP contribution in [0.25, 0.3) is 10.9 Å². The van der Waals surface area contributed by atoms with Crippen LogP contribution in [0.15, 0.2) is 42.7 Å². The normalized spacial score (nSPS) is 11.3. The summed E-state index contributed by atoms with van der Waals surface area (Å²) in [6, 6.07) is 9.46. The molecule has 0 saturated heterocycles. The molecule has 0 aliphatic heterocycles. The zero-order valence-corrected chi connectivity index (χ0v) is 12.3. The van der Waals surface area contributed by atoms with E-state index in [0.29, 0.717) is 30.2 Å². The lowest BCUT2D eigenvalue weighted by molar-refractivity contribution is 0.0671. The average Bonchev–Trinajstić information content (AvgIpc) is 3.03. The van der Waals surface area contributed by atoms with Crippen LogP contribution in [0.2, 0.25) is 0 Å². The van der Waals surface area contributed by atoms with Crippen LogP contribution in [0, 0.1) is 0 Å². The minimum Gasteiger partial charge on any atom is -0.392 e. The van der Waals surface area contributed by atoms with E-state index in [0.717, 1.165) is 15.5 Å². The molecule has 7 heteroatoms. The molecule has 5 nitrogen and oxygen atoms in total. The van der Waals surface area contributed by atoms with Crippen LogP contribution in [0.1, 0.15) is 17.9 Å². The molecule has 23 heavy (non-hydrogen) atoms. The van der Waals surface area contributed by atoms with Gasteiger partial charge in [-0.1, -0.05) is 18.2 Å².